The number of rotatable bonds is 2. The molecule has 18 heavy (non-hydrogen) atoms. The second-order valence-corrected chi connectivity index (χ2v) is 4.23. The van der Waals surface area contributed by atoms with Crippen molar-refractivity contribution in [3.63, 3.8) is 0 Å². The first kappa shape index (κ1) is 10.8. The molecule has 0 saturated carbocycles. The highest BCUT2D eigenvalue weighted by Crippen LogP contribution is 2.36. The molecule has 3 aromatic carbocycles. The van der Waals surface area contributed by atoms with Gasteiger partial charge in [0.1, 0.15) is 5.75 Å². The van der Waals surface area contributed by atoms with E-state index in [0.717, 1.165) is 16.7 Å². The molecule has 0 fully saturated rings. The molecule has 1 nitrogen and oxygen atoms in total. The first-order valence-corrected chi connectivity index (χ1v) is 6.01. The van der Waals surface area contributed by atoms with Crippen molar-refractivity contribution >= 4 is 10.8 Å². The Kier molecular flexibility index (Phi) is 2.73. The van der Waals surface area contributed by atoms with Gasteiger partial charge in [-0.1, -0.05) is 66.7 Å². The maximum atomic E-state index is 5.61. The van der Waals surface area contributed by atoms with Crippen LogP contribution in [0.2, 0.25) is 0 Å². The largest absolute Gasteiger partial charge is 0.495 e. The molecule has 0 atom stereocenters. The molecular formula is C17H14O. The van der Waals surface area contributed by atoms with E-state index in [-0.39, 0.29) is 0 Å². The fourth-order valence-electron chi connectivity index (χ4n) is 2.31. The summed E-state index contributed by atoms with van der Waals surface area (Å²) in [6.45, 7) is 0. The zero-order valence-electron chi connectivity index (χ0n) is 10.3. The van der Waals surface area contributed by atoms with E-state index in [1.807, 2.05) is 30.3 Å². The van der Waals surface area contributed by atoms with E-state index < -0.39 is 0 Å². The van der Waals surface area contributed by atoms with Crippen molar-refractivity contribution in [2.24, 2.45) is 0 Å². The summed E-state index contributed by atoms with van der Waals surface area (Å²) < 4.78 is 5.61. The van der Waals surface area contributed by atoms with E-state index in [2.05, 4.69) is 36.4 Å². The van der Waals surface area contributed by atoms with Gasteiger partial charge >= 0.3 is 0 Å². The quantitative estimate of drug-likeness (QED) is 0.633. The molecule has 0 aromatic heterocycles. The molecule has 0 bridgehead atoms. The summed E-state index contributed by atoms with van der Waals surface area (Å²) in [5, 5.41) is 2.36. The van der Waals surface area contributed by atoms with E-state index in [1.54, 1.807) is 7.11 Å². The molecule has 0 aliphatic carbocycles. The van der Waals surface area contributed by atoms with Gasteiger partial charge in [-0.25, -0.2) is 0 Å². The minimum Gasteiger partial charge on any atom is -0.495 e. The highest BCUT2D eigenvalue weighted by atomic mass is 16.5. The van der Waals surface area contributed by atoms with Crippen LogP contribution >= 0.6 is 0 Å². The zero-order chi connectivity index (χ0) is 12.4. The lowest BCUT2D eigenvalue weighted by molar-refractivity contribution is 0.421. The van der Waals surface area contributed by atoms with Crippen LogP contribution in [0.3, 0.4) is 0 Å². The molecule has 1 heteroatoms. The average molecular weight is 234 g/mol. The van der Waals surface area contributed by atoms with Gasteiger partial charge in [-0.15, -0.1) is 0 Å². The van der Waals surface area contributed by atoms with Gasteiger partial charge in [0.2, 0.25) is 0 Å². The Morgan fingerprint density at radius 1 is 0.722 bits per heavy atom. The van der Waals surface area contributed by atoms with Crippen LogP contribution in [0.4, 0.5) is 0 Å². The number of benzene rings is 3. The molecule has 0 amide bonds. The maximum absolute atomic E-state index is 5.61. The van der Waals surface area contributed by atoms with E-state index >= 15 is 0 Å². The molecule has 0 N–H and O–H groups in total. The van der Waals surface area contributed by atoms with E-state index in [4.69, 9.17) is 4.74 Å². The van der Waals surface area contributed by atoms with E-state index in [1.165, 1.54) is 10.9 Å². The summed E-state index contributed by atoms with van der Waals surface area (Å²) in [7, 11) is 1.73. The third kappa shape index (κ3) is 1.74. The first-order chi connectivity index (χ1) is 8.90. The molecule has 0 spiro atoms. The Morgan fingerprint density at radius 2 is 1.44 bits per heavy atom. The Hall–Kier alpha value is -2.28. The summed E-state index contributed by atoms with van der Waals surface area (Å²) in [6.07, 6.45) is 0. The number of hydrogen-bond donors (Lipinski definition) is 0. The number of hydrogen-bond acceptors (Lipinski definition) is 1. The van der Waals surface area contributed by atoms with Crippen LogP contribution in [-0.2, 0) is 0 Å². The molecule has 0 unspecified atom stereocenters. The van der Waals surface area contributed by atoms with Crippen LogP contribution < -0.4 is 4.74 Å². The van der Waals surface area contributed by atoms with Gasteiger partial charge in [0.05, 0.1) is 7.11 Å². The SMILES string of the molecule is COc1c(-c2ccccc2)ccc2ccccc12. The molecule has 3 rings (SSSR count). The van der Waals surface area contributed by atoms with Gasteiger partial charge in [-0.05, 0) is 10.9 Å². The Morgan fingerprint density at radius 3 is 2.22 bits per heavy atom. The van der Waals surface area contributed by atoms with E-state index in [9.17, 15) is 0 Å². The maximum Gasteiger partial charge on any atom is 0.134 e. The van der Waals surface area contributed by atoms with Crippen LogP contribution in [-0.4, -0.2) is 7.11 Å². The second-order valence-electron chi connectivity index (χ2n) is 4.23. The number of ether oxygens (including phenoxy) is 1. The van der Waals surface area contributed by atoms with Gasteiger partial charge in [-0.2, -0.15) is 0 Å². The average Bonchev–Trinajstić information content (AvgIpc) is 2.47. The summed E-state index contributed by atoms with van der Waals surface area (Å²) in [5.74, 6) is 0.944. The van der Waals surface area contributed by atoms with Gasteiger partial charge in [0, 0.05) is 10.9 Å². The van der Waals surface area contributed by atoms with Crippen molar-refractivity contribution in [3.05, 3.63) is 66.7 Å². The van der Waals surface area contributed by atoms with Crippen LogP contribution in [0.15, 0.2) is 66.7 Å². The third-order valence-corrected chi connectivity index (χ3v) is 3.17. The zero-order valence-corrected chi connectivity index (χ0v) is 10.3. The fraction of sp³-hybridized carbons (Fsp3) is 0.0588. The molecule has 0 aliphatic rings. The molecular weight excluding hydrogens is 220 g/mol. The minimum absolute atomic E-state index is 0.944. The Labute approximate surface area is 107 Å². The van der Waals surface area contributed by atoms with Crippen molar-refractivity contribution in [3.8, 4) is 16.9 Å². The van der Waals surface area contributed by atoms with Crippen LogP contribution in [0, 0.1) is 0 Å². The lowest BCUT2D eigenvalue weighted by Gasteiger charge is -2.11. The standard InChI is InChI=1S/C17H14O/c1-18-17-15-10-6-5-9-14(15)11-12-16(17)13-7-3-2-4-8-13/h2-12H,1H3. The van der Waals surface area contributed by atoms with Gasteiger partial charge < -0.3 is 4.74 Å². The minimum atomic E-state index is 0.944. The number of methoxy groups -OCH3 is 1. The summed E-state index contributed by atoms with van der Waals surface area (Å²) in [5.41, 5.74) is 2.32. The van der Waals surface area contributed by atoms with Crippen molar-refractivity contribution < 1.29 is 4.74 Å². The molecule has 88 valence electrons. The van der Waals surface area contributed by atoms with Crippen molar-refractivity contribution in [1.82, 2.24) is 0 Å². The summed E-state index contributed by atoms with van der Waals surface area (Å²) in [4.78, 5) is 0. The van der Waals surface area contributed by atoms with Crippen molar-refractivity contribution in [1.29, 1.82) is 0 Å². The Balaban J connectivity index is 2.31. The fourth-order valence-corrected chi connectivity index (χ4v) is 2.31. The third-order valence-electron chi connectivity index (χ3n) is 3.17. The molecule has 0 heterocycles. The summed E-state index contributed by atoms with van der Waals surface area (Å²) in [6, 6.07) is 22.9. The van der Waals surface area contributed by atoms with Crippen LogP contribution in [0.5, 0.6) is 5.75 Å². The highest BCUT2D eigenvalue weighted by molar-refractivity contribution is 5.95. The van der Waals surface area contributed by atoms with Gasteiger partial charge in [-0.3, -0.25) is 0 Å². The predicted molar refractivity (Wildman–Crippen MR) is 75.9 cm³/mol. The monoisotopic (exact) mass is 234 g/mol. The lowest BCUT2D eigenvalue weighted by Crippen LogP contribution is -1.89. The molecule has 0 radical (unpaired) electrons. The van der Waals surface area contributed by atoms with E-state index in [0.29, 0.717) is 0 Å². The highest BCUT2D eigenvalue weighted by Gasteiger charge is 2.09. The first-order valence-electron chi connectivity index (χ1n) is 6.01. The number of fused-ring (bicyclic) bond motifs is 1. The topological polar surface area (TPSA) is 9.23 Å². The molecule has 3 aromatic rings. The Bertz CT molecular complexity index is 672. The molecule has 0 saturated heterocycles. The second kappa shape index (κ2) is 4.53. The van der Waals surface area contributed by atoms with Crippen molar-refractivity contribution in [2.45, 2.75) is 0 Å². The summed E-state index contributed by atoms with van der Waals surface area (Å²) >= 11 is 0. The molecule has 0 aliphatic heterocycles. The van der Waals surface area contributed by atoms with Crippen molar-refractivity contribution in [2.75, 3.05) is 7.11 Å². The smallest absolute Gasteiger partial charge is 0.134 e. The van der Waals surface area contributed by atoms with Crippen LogP contribution in [0.25, 0.3) is 21.9 Å². The van der Waals surface area contributed by atoms with Gasteiger partial charge in [0.15, 0.2) is 0 Å². The predicted octanol–water partition coefficient (Wildman–Crippen LogP) is 4.52. The van der Waals surface area contributed by atoms with Crippen LogP contribution in [0.1, 0.15) is 0 Å². The van der Waals surface area contributed by atoms with Gasteiger partial charge in [0.25, 0.3) is 0 Å². The normalized spacial score (nSPS) is 10.5. The lowest BCUT2D eigenvalue weighted by atomic mass is 10.00.